The van der Waals surface area contributed by atoms with Gasteiger partial charge in [-0.15, -0.1) is 11.6 Å². The normalized spacial score (nSPS) is 13.5. The fourth-order valence-corrected chi connectivity index (χ4v) is 1.28. The molecule has 0 heterocycles. The van der Waals surface area contributed by atoms with E-state index in [0.29, 0.717) is 0 Å². The maximum Gasteiger partial charge on any atom is 0.0223 e. The third-order valence-corrected chi connectivity index (χ3v) is 2.15. The van der Waals surface area contributed by atoms with Crippen molar-refractivity contribution in [3.8, 4) is 0 Å². The van der Waals surface area contributed by atoms with Gasteiger partial charge in [-0.25, -0.2) is 0 Å². The molecule has 0 rings (SSSR count). The van der Waals surface area contributed by atoms with Gasteiger partial charge in [-0.1, -0.05) is 33.1 Å². The highest BCUT2D eigenvalue weighted by Crippen LogP contribution is 2.13. The molecule has 0 aromatic heterocycles. The average Bonchev–Trinajstić information content (AvgIpc) is 1.97. The molecule has 0 saturated carbocycles. The van der Waals surface area contributed by atoms with E-state index in [1.807, 2.05) is 0 Å². The van der Waals surface area contributed by atoms with Gasteiger partial charge in [-0.05, 0) is 18.8 Å². The van der Waals surface area contributed by atoms with Crippen LogP contribution in [-0.4, -0.2) is 5.88 Å². The third kappa shape index (κ3) is 6.41. The van der Waals surface area contributed by atoms with Gasteiger partial charge in [-0.2, -0.15) is 0 Å². The average molecular weight is 163 g/mol. The minimum atomic E-state index is 0.830. The van der Waals surface area contributed by atoms with Gasteiger partial charge in [0.2, 0.25) is 0 Å². The Morgan fingerprint density at radius 1 is 1.20 bits per heavy atom. The van der Waals surface area contributed by atoms with E-state index in [1.165, 1.54) is 32.1 Å². The molecular formula is C9H19Cl. The summed E-state index contributed by atoms with van der Waals surface area (Å²) in [6, 6.07) is 0. The second-order valence-electron chi connectivity index (χ2n) is 3.08. The first-order chi connectivity index (χ1) is 4.81. The highest BCUT2D eigenvalue weighted by Gasteiger charge is 1.99. The molecule has 1 heteroatoms. The molecule has 0 aliphatic carbocycles. The van der Waals surface area contributed by atoms with E-state index in [0.717, 1.165) is 11.8 Å². The van der Waals surface area contributed by atoms with Crippen LogP contribution in [-0.2, 0) is 0 Å². The summed E-state index contributed by atoms with van der Waals surface area (Å²) < 4.78 is 0. The quantitative estimate of drug-likeness (QED) is 0.521. The molecule has 0 aromatic rings. The minimum absolute atomic E-state index is 0.830. The van der Waals surface area contributed by atoms with Crippen LogP contribution >= 0.6 is 11.6 Å². The van der Waals surface area contributed by atoms with Gasteiger partial charge in [0.1, 0.15) is 0 Å². The molecule has 0 radical (unpaired) electrons. The molecule has 1 unspecified atom stereocenters. The summed E-state index contributed by atoms with van der Waals surface area (Å²) in [5.74, 6) is 1.72. The van der Waals surface area contributed by atoms with Crippen molar-refractivity contribution in [1.82, 2.24) is 0 Å². The summed E-state index contributed by atoms with van der Waals surface area (Å²) in [6.07, 6.45) is 6.58. The summed E-state index contributed by atoms with van der Waals surface area (Å²) in [4.78, 5) is 0. The van der Waals surface area contributed by atoms with Crippen LogP contribution in [0.5, 0.6) is 0 Å². The van der Waals surface area contributed by atoms with Crippen molar-refractivity contribution in [3.63, 3.8) is 0 Å². The predicted octanol–water partition coefficient (Wildman–Crippen LogP) is 3.83. The Kier molecular flexibility index (Phi) is 7.61. The lowest BCUT2D eigenvalue weighted by atomic mass is 10.00. The molecule has 0 N–H and O–H groups in total. The summed E-state index contributed by atoms with van der Waals surface area (Å²) in [6.45, 7) is 4.57. The second kappa shape index (κ2) is 7.40. The van der Waals surface area contributed by atoms with Crippen molar-refractivity contribution in [3.05, 3.63) is 0 Å². The molecule has 0 saturated heterocycles. The van der Waals surface area contributed by atoms with E-state index < -0.39 is 0 Å². The topological polar surface area (TPSA) is 0 Å². The molecule has 0 fully saturated rings. The van der Waals surface area contributed by atoms with E-state index >= 15 is 0 Å². The van der Waals surface area contributed by atoms with E-state index in [1.54, 1.807) is 0 Å². The van der Waals surface area contributed by atoms with Gasteiger partial charge in [0.25, 0.3) is 0 Å². The summed E-state index contributed by atoms with van der Waals surface area (Å²) >= 11 is 5.58. The van der Waals surface area contributed by atoms with E-state index in [9.17, 15) is 0 Å². The van der Waals surface area contributed by atoms with Crippen molar-refractivity contribution >= 4 is 11.6 Å². The Hall–Kier alpha value is 0.290. The minimum Gasteiger partial charge on any atom is -0.127 e. The van der Waals surface area contributed by atoms with E-state index in [-0.39, 0.29) is 0 Å². The highest BCUT2D eigenvalue weighted by molar-refractivity contribution is 6.17. The van der Waals surface area contributed by atoms with E-state index in [4.69, 9.17) is 11.6 Å². The zero-order valence-corrected chi connectivity index (χ0v) is 7.95. The first kappa shape index (κ1) is 10.3. The molecule has 0 aromatic carbocycles. The van der Waals surface area contributed by atoms with Gasteiger partial charge in [-0.3, -0.25) is 0 Å². The molecule has 62 valence electrons. The largest absolute Gasteiger partial charge is 0.127 e. The van der Waals surface area contributed by atoms with Gasteiger partial charge in [0, 0.05) is 5.88 Å². The number of hydrogen-bond donors (Lipinski definition) is 0. The Morgan fingerprint density at radius 2 is 1.80 bits per heavy atom. The highest BCUT2D eigenvalue weighted by atomic mass is 35.5. The van der Waals surface area contributed by atoms with Crippen LogP contribution in [0.4, 0.5) is 0 Å². The molecule has 10 heavy (non-hydrogen) atoms. The van der Waals surface area contributed by atoms with Gasteiger partial charge in [0.05, 0.1) is 0 Å². The fourth-order valence-electron chi connectivity index (χ4n) is 1.12. The SMILES string of the molecule is CCCCC(C)CCCCl. The van der Waals surface area contributed by atoms with Crippen molar-refractivity contribution in [2.24, 2.45) is 5.92 Å². The molecule has 0 amide bonds. The number of alkyl halides is 1. The molecular weight excluding hydrogens is 144 g/mol. The van der Waals surface area contributed by atoms with Crippen LogP contribution < -0.4 is 0 Å². The van der Waals surface area contributed by atoms with Crippen LogP contribution in [0.1, 0.15) is 46.0 Å². The van der Waals surface area contributed by atoms with Crippen LogP contribution in [0.2, 0.25) is 0 Å². The first-order valence-corrected chi connectivity index (χ1v) is 4.90. The molecule has 0 aliphatic rings. The van der Waals surface area contributed by atoms with Crippen molar-refractivity contribution in [2.75, 3.05) is 5.88 Å². The van der Waals surface area contributed by atoms with E-state index in [2.05, 4.69) is 13.8 Å². The van der Waals surface area contributed by atoms with Gasteiger partial charge < -0.3 is 0 Å². The number of hydrogen-bond acceptors (Lipinski definition) is 0. The monoisotopic (exact) mass is 162 g/mol. The summed E-state index contributed by atoms with van der Waals surface area (Å²) in [5, 5.41) is 0. The number of halogens is 1. The lowest BCUT2D eigenvalue weighted by molar-refractivity contribution is 0.467. The maximum absolute atomic E-state index is 5.58. The fraction of sp³-hybridized carbons (Fsp3) is 1.00. The standard InChI is InChI=1S/C9H19Cl/c1-3-4-6-9(2)7-5-8-10/h9H,3-8H2,1-2H3. The van der Waals surface area contributed by atoms with Crippen LogP contribution in [0, 0.1) is 5.92 Å². The molecule has 1 atom stereocenters. The predicted molar refractivity (Wildman–Crippen MR) is 48.6 cm³/mol. The maximum atomic E-state index is 5.58. The van der Waals surface area contributed by atoms with Crippen molar-refractivity contribution < 1.29 is 0 Å². The van der Waals surface area contributed by atoms with Crippen LogP contribution in [0.15, 0.2) is 0 Å². The van der Waals surface area contributed by atoms with Crippen molar-refractivity contribution in [2.45, 2.75) is 46.0 Å². The Morgan fingerprint density at radius 3 is 2.30 bits per heavy atom. The smallest absolute Gasteiger partial charge is 0.0223 e. The van der Waals surface area contributed by atoms with Crippen molar-refractivity contribution in [1.29, 1.82) is 0 Å². The molecule has 0 aliphatic heterocycles. The van der Waals surface area contributed by atoms with Crippen LogP contribution in [0.3, 0.4) is 0 Å². The second-order valence-corrected chi connectivity index (χ2v) is 3.46. The van der Waals surface area contributed by atoms with Gasteiger partial charge >= 0.3 is 0 Å². The molecule has 0 spiro atoms. The number of unbranched alkanes of at least 4 members (excludes halogenated alkanes) is 1. The first-order valence-electron chi connectivity index (χ1n) is 4.37. The van der Waals surface area contributed by atoms with Crippen LogP contribution in [0.25, 0.3) is 0 Å². The zero-order valence-electron chi connectivity index (χ0n) is 7.20. The zero-order chi connectivity index (χ0) is 7.82. The summed E-state index contributed by atoms with van der Waals surface area (Å²) in [7, 11) is 0. The lowest BCUT2D eigenvalue weighted by Crippen LogP contribution is -1.94. The van der Waals surface area contributed by atoms with Gasteiger partial charge in [0.15, 0.2) is 0 Å². The molecule has 0 bridgehead atoms. The number of rotatable bonds is 6. The molecule has 0 nitrogen and oxygen atoms in total. The third-order valence-electron chi connectivity index (χ3n) is 1.88. The lowest BCUT2D eigenvalue weighted by Gasteiger charge is -2.07. The Balaban J connectivity index is 3.00. The Bertz CT molecular complexity index is 53.7. The Labute approximate surface area is 70.0 Å². The summed E-state index contributed by atoms with van der Waals surface area (Å²) in [5.41, 5.74) is 0.